The Kier molecular flexibility index (Phi) is 16.2. The monoisotopic (exact) mass is 854 g/mol. The molecule has 4 unspecified atom stereocenters. The lowest BCUT2D eigenvalue weighted by molar-refractivity contribution is -0.138. The highest BCUT2D eigenvalue weighted by Gasteiger charge is 2.39. The van der Waals surface area contributed by atoms with E-state index in [1.54, 1.807) is 0 Å². The molecule has 0 aromatic carbocycles. The number of allylic oxidation sites excluding steroid dienone is 7. The van der Waals surface area contributed by atoms with Crippen LogP contribution >= 0.6 is 0 Å². The Hall–Kier alpha value is -6.64. The number of rotatable bonds is 27. The maximum Gasteiger partial charge on any atom is 0.304 e. The molecule has 0 aliphatic carbocycles. The van der Waals surface area contributed by atoms with Crippen LogP contribution in [0.3, 0.4) is 0 Å². The predicted octanol–water partition coefficient (Wildman–Crippen LogP) is 3.44. The van der Waals surface area contributed by atoms with Gasteiger partial charge in [-0.25, -0.2) is 0 Å². The second-order valence-corrected chi connectivity index (χ2v) is 14.9. The van der Waals surface area contributed by atoms with Gasteiger partial charge >= 0.3 is 47.8 Å². The Morgan fingerprint density at radius 2 is 0.721 bits per heavy atom. The van der Waals surface area contributed by atoms with Crippen molar-refractivity contribution in [3.05, 3.63) is 45.6 Å². The molecule has 328 valence electrons. The zero-order valence-electron chi connectivity index (χ0n) is 32.8. The predicted molar refractivity (Wildman–Crippen MR) is 210 cm³/mol. The first-order valence-corrected chi connectivity index (χ1v) is 19.3. The Balaban J connectivity index is 1.83. The summed E-state index contributed by atoms with van der Waals surface area (Å²) in [7, 11) is 0. The SMILES string of the molecule is O=C(O)CCC1=CN=C(CC2=C(CCC(=O)O)C(CC(=O)O)C(CC3=C(CCC(=O)O)C(CC(=O)O)C(CC4=C(CCC(=O)O)C(CC(=O)O)C(CO)=N4)=N3)=N2)C1CC(=O)O. The lowest BCUT2D eigenvalue weighted by atomic mass is 9.83. The van der Waals surface area contributed by atoms with Crippen molar-refractivity contribution >= 4 is 70.6 Å². The van der Waals surface area contributed by atoms with Gasteiger partial charge in [0, 0.05) is 109 Å². The van der Waals surface area contributed by atoms with Gasteiger partial charge < -0.3 is 46.0 Å². The standard InChI is InChI=1S/C40H46N4O17/c45-17-32-25(12-40(60)61)21(4-8-36(52)53)29(44-32)15-31-24(11-39(58)59)20(3-7-35(50)51)28(43-31)14-30-23(10-38(56)57)19(2-6-34(48)49)27(42-30)13-26-22(9-37(54)55)18(16-41-26)1-5-33(46)47/h16,22-25,45H,1-15,17H2,(H,46,47)(H,48,49)(H,50,51)(H,52,53)(H,54,55)(H,56,57)(H,58,59)(H,60,61). The fourth-order valence-corrected chi connectivity index (χ4v) is 8.19. The lowest BCUT2D eigenvalue weighted by Crippen LogP contribution is -2.21. The average Bonchev–Trinajstić information content (AvgIpc) is 3.86. The molecule has 4 rings (SSSR count). The Bertz CT molecular complexity index is 2140. The smallest absolute Gasteiger partial charge is 0.304 e. The minimum Gasteiger partial charge on any atom is -0.481 e. The third-order valence-electron chi connectivity index (χ3n) is 10.8. The number of carbonyl (C=O) groups is 8. The normalized spacial score (nSPS) is 21.0. The summed E-state index contributed by atoms with van der Waals surface area (Å²) < 4.78 is 0. The van der Waals surface area contributed by atoms with Crippen LogP contribution in [0.1, 0.15) is 96.3 Å². The van der Waals surface area contributed by atoms with Crippen LogP contribution in [0.5, 0.6) is 0 Å². The number of aliphatic imine (C=N–C) groups is 4. The summed E-state index contributed by atoms with van der Waals surface area (Å²) in [4.78, 5) is 113. The highest BCUT2D eigenvalue weighted by atomic mass is 16.4. The van der Waals surface area contributed by atoms with Gasteiger partial charge in [-0.15, -0.1) is 0 Å². The van der Waals surface area contributed by atoms with Crippen molar-refractivity contribution < 1.29 is 84.3 Å². The van der Waals surface area contributed by atoms with E-state index in [0.29, 0.717) is 16.7 Å². The molecule has 0 bridgehead atoms. The van der Waals surface area contributed by atoms with E-state index in [-0.39, 0.29) is 96.9 Å². The summed E-state index contributed by atoms with van der Waals surface area (Å²) in [5.41, 5.74) is 2.47. The summed E-state index contributed by atoms with van der Waals surface area (Å²) in [5.74, 6) is -13.7. The van der Waals surface area contributed by atoms with Gasteiger partial charge in [-0.2, -0.15) is 0 Å². The minimum absolute atomic E-state index is 0.00271. The van der Waals surface area contributed by atoms with E-state index < -0.39 is 123 Å². The van der Waals surface area contributed by atoms with Crippen molar-refractivity contribution in [3.8, 4) is 0 Å². The summed E-state index contributed by atoms with van der Waals surface area (Å²) in [6.07, 6.45) is -3.64. The van der Waals surface area contributed by atoms with Crippen molar-refractivity contribution in [2.75, 3.05) is 6.61 Å². The molecule has 4 atom stereocenters. The van der Waals surface area contributed by atoms with Gasteiger partial charge in [-0.1, -0.05) is 0 Å². The van der Waals surface area contributed by atoms with Crippen LogP contribution in [0, 0.1) is 23.7 Å². The van der Waals surface area contributed by atoms with Crippen molar-refractivity contribution in [1.29, 1.82) is 0 Å². The first-order valence-electron chi connectivity index (χ1n) is 19.3. The number of nitrogens with zero attached hydrogens (tertiary/aromatic N) is 4. The van der Waals surface area contributed by atoms with E-state index in [4.69, 9.17) is 9.98 Å². The molecule has 0 saturated carbocycles. The number of carboxylic acid groups (broad SMARTS) is 8. The zero-order chi connectivity index (χ0) is 45.1. The Labute approximate surface area is 346 Å². The fraction of sp³-hybridized carbons (Fsp3) is 0.500. The van der Waals surface area contributed by atoms with E-state index in [1.807, 2.05) is 0 Å². The topological polar surface area (TPSA) is 368 Å². The molecule has 21 nitrogen and oxygen atoms in total. The molecule has 0 aromatic rings. The second kappa shape index (κ2) is 21.1. The summed E-state index contributed by atoms with van der Waals surface area (Å²) >= 11 is 0. The van der Waals surface area contributed by atoms with Crippen LogP contribution in [-0.4, -0.2) is 123 Å². The third kappa shape index (κ3) is 12.9. The molecule has 4 heterocycles. The van der Waals surface area contributed by atoms with Gasteiger partial charge in [-0.3, -0.25) is 58.3 Å². The number of aliphatic hydroxyl groups excluding tert-OH is 1. The summed E-state index contributed by atoms with van der Waals surface area (Å²) in [6.45, 7) is -0.663. The van der Waals surface area contributed by atoms with Gasteiger partial charge in [0.1, 0.15) is 0 Å². The van der Waals surface area contributed by atoms with Gasteiger partial charge in [-0.05, 0) is 48.0 Å². The highest BCUT2D eigenvalue weighted by Crippen LogP contribution is 2.43. The van der Waals surface area contributed by atoms with Crippen LogP contribution in [0.25, 0.3) is 0 Å². The molecule has 0 radical (unpaired) electrons. The molecule has 4 aliphatic rings. The van der Waals surface area contributed by atoms with E-state index in [2.05, 4.69) is 9.98 Å². The van der Waals surface area contributed by atoms with Gasteiger partial charge in [0.25, 0.3) is 0 Å². The average molecular weight is 855 g/mol. The van der Waals surface area contributed by atoms with Crippen molar-refractivity contribution in [1.82, 2.24) is 0 Å². The number of hydrogen-bond donors (Lipinski definition) is 9. The molecule has 4 aliphatic heterocycles. The molecule has 0 saturated heterocycles. The maximum absolute atomic E-state index is 12.3. The van der Waals surface area contributed by atoms with Crippen LogP contribution in [0.2, 0.25) is 0 Å². The Morgan fingerprint density at radius 1 is 0.410 bits per heavy atom. The minimum atomic E-state index is -1.30. The number of aliphatic hydroxyl groups is 1. The van der Waals surface area contributed by atoms with Crippen molar-refractivity contribution in [2.24, 2.45) is 43.6 Å². The first kappa shape index (κ1) is 47.0. The molecule has 0 aromatic heterocycles. The lowest BCUT2D eigenvalue weighted by Gasteiger charge is -2.19. The molecular formula is C40H46N4O17. The molecule has 21 heteroatoms. The largest absolute Gasteiger partial charge is 0.481 e. The van der Waals surface area contributed by atoms with Crippen LogP contribution < -0.4 is 0 Å². The van der Waals surface area contributed by atoms with Gasteiger partial charge in [0.05, 0.1) is 38.0 Å². The fourth-order valence-electron chi connectivity index (χ4n) is 8.19. The Morgan fingerprint density at radius 3 is 1.07 bits per heavy atom. The summed E-state index contributed by atoms with van der Waals surface area (Å²) in [6, 6.07) is 0. The van der Waals surface area contributed by atoms with Crippen LogP contribution in [0.4, 0.5) is 0 Å². The van der Waals surface area contributed by atoms with Gasteiger partial charge in [0.2, 0.25) is 0 Å². The number of hydrogen-bond acceptors (Lipinski definition) is 13. The van der Waals surface area contributed by atoms with E-state index in [9.17, 15) is 84.3 Å². The van der Waals surface area contributed by atoms with Crippen molar-refractivity contribution in [2.45, 2.75) is 96.3 Å². The third-order valence-corrected chi connectivity index (χ3v) is 10.8. The zero-order valence-corrected chi connectivity index (χ0v) is 32.8. The summed E-state index contributed by atoms with van der Waals surface area (Å²) in [5, 5.41) is 87.4. The first-order chi connectivity index (χ1) is 28.8. The molecule has 9 N–H and O–H groups in total. The molecule has 0 amide bonds. The van der Waals surface area contributed by atoms with Crippen molar-refractivity contribution in [3.63, 3.8) is 0 Å². The molecule has 61 heavy (non-hydrogen) atoms. The van der Waals surface area contributed by atoms with E-state index in [1.165, 1.54) is 6.20 Å². The molecular weight excluding hydrogens is 808 g/mol. The van der Waals surface area contributed by atoms with E-state index >= 15 is 0 Å². The van der Waals surface area contributed by atoms with E-state index in [0.717, 1.165) is 0 Å². The van der Waals surface area contributed by atoms with Crippen LogP contribution in [0.15, 0.2) is 65.6 Å². The highest BCUT2D eigenvalue weighted by molar-refractivity contribution is 6.03. The maximum atomic E-state index is 12.3. The van der Waals surface area contributed by atoms with Crippen LogP contribution in [-0.2, 0) is 38.4 Å². The number of carboxylic acids is 8. The van der Waals surface area contributed by atoms with Gasteiger partial charge in [0.15, 0.2) is 0 Å². The molecule has 0 spiro atoms. The second-order valence-electron chi connectivity index (χ2n) is 14.9. The number of aliphatic carboxylic acids is 8. The quantitative estimate of drug-likeness (QED) is 0.0571. The molecule has 0 fully saturated rings.